The normalized spacial score (nSPS) is 15.8. The van der Waals surface area contributed by atoms with Crippen LogP contribution in [0.1, 0.15) is 41.7 Å². The molecule has 0 radical (unpaired) electrons. The van der Waals surface area contributed by atoms with Crippen molar-refractivity contribution in [3.8, 4) is 11.4 Å². The number of amides is 2. The molecule has 0 bridgehead atoms. The number of Topliss-reactive ketones (excluding diaryl/α,β-unsaturated/α-hetero) is 1. The van der Waals surface area contributed by atoms with Crippen LogP contribution < -0.4 is 15.5 Å². The Morgan fingerprint density at radius 1 is 0.872 bits per heavy atom. The molecular weight excluding hydrogens is 492 g/mol. The zero-order chi connectivity index (χ0) is 27.0. The molecule has 2 aromatic carbocycles. The second-order valence-corrected chi connectivity index (χ2v) is 10.0. The number of likely N-dealkylation sites (tertiary alicyclic amines) is 1. The summed E-state index contributed by atoms with van der Waals surface area (Å²) in [6, 6.07) is 16.3. The highest BCUT2D eigenvalue weighted by Crippen LogP contribution is 2.27. The molecule has 39 heavy (non-hydrogen) atoms. The molecule has 1 aromatic heterocycles. The Morgan fingerprint density at radius 3 is 2.23 bits per heavy atom. The van der Waals surface area contributed by atoms with E-state index in [2.05, 4.69) is 20.4 Å². The fraction of sp³-hybridized carbons (Fsp3) is 0.400. The molecule has 0 saturated carbocycles. The van der Waals surface area contributed by atoms with E-state index in [0.29, 0.717) is 42.5 Å². The molecule has 2 aliphatic rings. The Balaban J connectivity index is 1.33. The minimum absolute atomic E-state index is 0.0562. The molecule has 0 unspecified atom stereocenters. The van der Waals surface area contributed by atoms with Crippen LogP contribution >= 0.6 is 0 Å². The largest absolute Gasteiger partial charge is 0.378 e. The molecule has 0 atom stereocenters. The standard InChI is InChI=1S/C30H36N6O3/c1-22-27(26(37)10-7-17-35-15-5-6-16-35)33-28(34-29(22)36-18-20-39-21-19-36)23-11-13-25(14-12-23)32-30(38)31-24-8-3-2-4-9-24/h2-4,8-9,11-14H,5-7,10,15-21H2,1H3,(H2,31,32,38). The summed E-state index contributed by atoms with van der Waals surface area (Å²) in [7, 11) is 0. The molecule has 2 saturated heterocycles. The van der Waals surface area contributed by atoms with E-state index in [1.54, 1.807) is 0 Å². The van der Waals surface area contributed by atoms with Gasteiger partial charge in [-0.25, -0.2) is 14.8 Å². The van der Waals surface area contributed by atoms with E-state index in [1.807, 2.05) is 61.5 Å². The predicted molar refractivity (Wildman–Crippen MR) is 154 cm³/mol. The molecule has 0 aliphatic carbocycles. The van der Waals surface area contributed by atoms with Gasteiger partial charge in [0.05, 0.1) is 13.2 Å². The van der Waals surface area contributed by atoms with E-state index < -0.39 is 0 Å². The van der Waals surface area contributed by atoms with Gasteiger partial charge in [0.25, 0.3) is 0 Å². The number of anilines is 3. The number of carbonyl (C=O) groups is 2. The van der Waals surface area contributed by atoms with Gasteiger partial charge in [-0.05, 0) is 82.2 Å². The first-order chi connectivity index (χ1) is 19.1. The number of morpholine rings is 1. The average Bonchev–Trinajstić information content (AvgIpc) is 3.48. The van der Waals surface area contributed by atoms with Crippen LogP contribution in [0.2, 0.25) is 0 Å². The molecule has 2 N–H and O–H groups in total. The van der Waals surface area contributed by atoms with Gasteiger partial charge >= 0.3 is 6.03 Å². The SMILES string of the molecule is Cc1c(C(=O)CCCN2CCCC2)nc(-c2ccc(NC(=O)Nc3ccccc3)cc2)nc1N1CCOCC1. The number of urea groups is 1. The number of ketones is 1. The van der Waals surface area contributed by atoms with Crippen LogP contribution in [0.5, 0.6) is 0 Å². The van der Waals surface area contributed by atoms with Crippen LogP contribution in [0, 0.1) is 6.92 Å². The number of hydrogen-bond donors (Lipinski definition) is 2. The number of ether oxygens (including phenoxy) is 1. The van der Waals surface area contributed by atoms with E-state index in [4.69, 9.17) is 14.7 Å². The number of rotatable bonds is 9. The molecule has 2 amide bonds. The third kappa shape index (κ3) is 6.99. The zero-order valence-corrected chi connectivity index (χ0v) is 22.5. The first-order valence-corrected chi connectivity index (χ1v) is 13.8. The van der Waals surface area contributed by atoms with Crippen LogP contribution in [0.4, 0.5) is 22.0 Å². The van der Waals surface area contributed by atoms with Gasteiger partial charge in [0, 0.05) is 42.0 Å². The molecular formula is C30H36N6O3. The van der Waals surface area contributed by atoms with Crippen LogP contribution in [0.25, 0.3) is 11.4 Å². The van der Waals surface area contributed by atoms with Gasteiger partial charge in [0.1, 0.15) is 11.5 Å². The number of aromatic nitrogens is 2. The molecule has 3 heterocycles. The molecule has 2 aliphatic heterocycles. The Morgan fingerprint density at radius 2 is 1.54 bits per heavy atom. The summed E-state index contributed by atoms with van der Waals surface area (Å²) >= 11 is 0. The lowest BCUT2D eigenvalue weighted by molar-refractivity contribution is 0.0970. The van der Waals surface area contributed by atoms with Crippen molar-refractivity contribution in [1.29, 1.82) is 0 Å². The van der Waals surface area contributed by atoms with Crippen molar-refractivity contribution in [3.05, 3.63) is 65.9 Å². The Labute approximate surface area is 229 Å². The minimum Gasteiger partial charge on any atom is -0.378 e. The molecule has 5 rings (SSSR count). The highest BCUT2D eigenvalue weighted by Gasteiger charge is 2.23. The fourth-order valence-corrected chi connectivity index (χ4v) is 5.09. The molecule has 9 heteroatoms. The Kier molecular flexibility index (Phi) is 8.80. The number of hydrogen-bond acceptors (Lipinski definition) is 7. The van der Waals surface area contributed by atoms with Crippen LogP contribution in [0.3, 0.4) is 0 Å². The summed E-state index contributed by atoms with van der Waals surface area (Å²) in [6.07, 6.45) is 3.79. The predicted octanol–water partition coefficient (Wildman–Crippen LogP) is 4.99. The lowest BCUT2D eigenvalue weighted by atomic mass is 10.1. The summed E-state index contributed by atoms with van der Waals surface area (Å²) in [6.45, 7) is 7.85. The summed E-state index contributed by atoms with van der Waals surface area (Å²) in [5.74, 6) is 1.35. The van der Waals surface area contributed by atoms with Gasteiger partial charge in [-0.1, -0.05) is 18.2 Å². The van der Waals surface area contributed by atoms with E-state index in [0.717, 1.165) is 56.1 Å². The van der Waals surface area contributed by atoms with Crippen molar-refractivity contribution in [2.24, 2.45) is 0 Å². The van der Waals surface area contributed by atoms with Crippen LogP contribution in [0.15, 0.2) is 54.6 Å². The number of nitrogens with one attached hydrogen (secondary N) is 2. The van der Waals surface area contributed by atoms with E-state index >= 15 is 0 Å². The third-order valence-corrected chi connectivity index (χ3v) is 7.20. The second kappa shape index (κ2) is 12.8. The van der Waals surface area contributed by atoms with Crippen molar-refractivity contribution >= 4 is 29.0 Å². The summed E-state index contributed by atoms with van der Waals surface area (Å²) < 4.78 is 5.54. The van der Waals surface area contributed by atoms with Gasteiger partial charge < -0.3 is 25.2 Å². The highest BCUT2D eigenvalue weighted by atomic mass is 16.5. The third-order valence-electron chi connectivity index (χ3n) is 7.20. The average molecular weight is 529 g/mol. The first-order valence-electron chi connectivity index (χ1n) is 13.8. The maximum absolute atomic E-state index is 13.4. The molecule has 3 aromatic rings. The number of carbonyl (C=O) groups excluding carboxylic acids is 2. The highest BCUT2D eigenvalue weighted by molar-refractivity contribution is 6.00. The summed E-state index contributed by atoms with van der Waals surface area (Å²) in [5.41, 5.74) is 3.46. The molecule has 204 valence electrons. The lowest BCUT2D eigenvalue weighted by Crippen LogP contribution is -2.37. The van der Waals surface area contributed by atoms with Gasteiger partial charge in [-0.3, -0.25) is 4.79 Å². The molecule has 2 fully saturated rings. The maximum atomic E-state index is 13.4. The number of benzene rings is 2. The van der Waals surface area contributed by atoms with Gasteiger partial charge in [0.15, 0.2) is 11.6 Å². The van der Waals surface area contributed by atoms with E-state index in [1.165, 1.54) is 12.8 Å². The zero-order valence-electron chi connectivity index (χ0n) is 22.5. The monoisotopic (exact) mass is 528 g/mol. The van der Waals surface area contributed by atoms with Crippen molar-refractivity contribution in [2.45, 2.75) is 32.6 Å². The van der Waals surface area contributed by atoms with Crippen molar-refractivity contribution < 1.29 is 14.3 Å². The number of nitrogens with zero attached hydrogens (tertiary/aromatic N) is 4. The molecule has 0 spiro atoms. The Hall–Kier alpha value is -3.82. The first kappa shape index (κ1) is 26.8. The smallest absolute Gasteiger partial charge is 0.323 e. The van der Waals surface area contributed by atoms with Crippen molar-refractivity contribution in [2.75, 3.05) is 61.5 Å². The minimum atomic E-state index is -0.322. The van der Waals surface area contributed by atoms with E-state index in [9.17, 15) is 9.59 Å². The topological polar surface area (TPSA) is 99.7 Å². The van der Waals surface area contributed by atoms with E-state index in [-0.39, 0.29) is 11.8 Å². The quantitative estimate of drug-likeness (QED) is 0.378. The second-order valence-electron chi connectivity index (χ2n) is 10.0. The lowest BCUT2D eigenvalue weighted by Gasteiger charge is -2.29. The number of para-hydroxylation sites is 1. The van der Waals surface area contributed by atoms with Gasteiger partial charge in [-0.2, -0.15) is 0 Å². The van der Waals surface area contributed by atoms with Gasteiger partial charge in [-0.15, -0.1) is 0 Å². The Bertz CT molecular complexity index is 1270. The van der Waals surface area contributed by atoms with Crippen molar-refractivity contribution in [1.82, 2.24) is 14.9 Å². The maximum Gasteiger partial charge on any atom is 0.323 e. The van der Waals surface area contributed by atoms with Crippen LogP contribution in [-0.2, 0) is 4.74 Å². The fourth-order valence-electron chi connectivity index (χ4n) is 5.09. The summed E-state index contributed by atoms with van der Waals surface area (Å²) in [5, 5.41) is 5.66. The van der Waals surface area contributed by atoms with Crippen molar-refractivity contribution in [3.63, 3.8) is 0 Å². The molecule has 9 nitrogen and oxygen atoms in total. The van der Waals surface area contributed by atoms with Gasteiger partial charge in [0.2, 0.25) is 0 Å². The summed E-state index contributed by atoms with van der Waals surface area (Å²) in [4.78, 5) is 40.0. The van der Waals surface area contributed by atoms with Crippen LogP contribution in [-0.4, -0.2) is 72.6 Å².